The number of morpholine rings is 1. The van der Waals surface area contributed by atoms with Gasteiger partial charge in [-0.05, 0) is 25.2 Å². The van der Waals surface area contributed by atoms with Crippen molar-refractivity contribution >= 4 is 6.03 Å². The Morgan fingerprint density at radius 3 is 2.94 bits per heavy atom. The topological polar surface area (TPSA) is 32.8 Å². The van der Waals surface area contributed by atoms with Gasteiger partial charge in [0.15, 0.2) is 0 Å². The molecule has 0 aromatic heterocycles. The summed E-state index contributed by atoms with van der Waals surface area (Å²) in [6.45, 7) is 8.34. The van der Waals surface area contributed by atoms with Crippen LogP contribution in [0, 0.1) is 5.92 Å². The fourth-order valence-corrected chi connectivity index (χ4v) is 2.79. The average Bonchev–Trinajstić information content (AvgIpc) is 2.38. The van der Waals surface area contributed by atoms with Gasteiger partial charge < -0.3 is 14.5 Å². The summed E-state index contributed by atoms with van der Waals surface area (Å²) in [4.78, 5) is 16.5. The van der Waals surface area contributed by atoms with E-state index in [0.717, 1.165) is 32.5 Å². The predicted octanol–water partition coefficient (Wildman–Crippen LogP) is 1.95. The quantitative estimate of drug-likeness (QED) is 0.702. The molecule has 17 heavy (non-hydrogen) atoms. The molecule has 2 rings (SSSR count). The number of amides is 2. The summed E-state index contributed by atoms with van der Waals surface area (Å²) in [5.74, 6) is 0.647. The Hall–Kier alpha value is -0.770. The molecule has 0 N–H and O–H groups in total. The Balaban J connectivity index is 1.97. The molecule has 2 aliphatic rings. The van der Waals surface area contributed by atoms with Gasteiger partial charge in [-0.25, -0.2) is 4.79 Å². The molecule has 2 saturated heterocycles. The Kier molecular flexibility index (Phi) is 4.26. The zero-order valence-corrected chi connectivity index (χ0v) is 11.0. The van der Waals surface area contributed by atoms with E-state index in [2.05, 4.69) is 13.8 Å². The van der Waals surface area contributed by atoms with Crippen molar-refractivity contribution in [3.63, 3.8) is 0 Å². The molecule has 0 radical (unpaired) electrons. The molecule has 2 amide bonds. The summed E-state index contributed by atoms with van der Waals surface area (Å²) in [6.07, 6.45) is 3.38. The number of urea groups is 1. The van der Waals surface area contributed by atoms with Gasteiger partial charge in [0, 0.05) is 19.6 Å². The molecule has 98 valence electrons. The van der Waals surface area contributed by atoms with Crippen LogP contribution < -0.4 is 0 Å². The highest BCUT2D eigenvalue weighted by molar-refractivity contribution is 5.75. The first-order valence-electron chi connectivity index (χ1n) is 6.85. The van der Waals surface area contributed by atoms with E-state index in [1.807, 2.05) is 9.80 Å². The highest BCUT2D eigenvalue weighted by Gasteiger charge is 2.31. The van der Waals surface area contributed by atoms with Crippen LogP contribution >= 0.6 is 0 Å². The summed E-state index contributed by atoms with van der Waals surface area (Å²) < 4.78 is 5.45. The molecule has 0 aromatic rings. The molecule has 2 fully saturated rings. The summed E-state index contributed by atoms with van der Waals surface area (Å²) >= 11 is 0. The Morgan fingerprint density at radius 2 is 2.24 bits per heavy atom. The number of ether oxygens (including phenoxy) is 1. The number of carbonyl (C=O) groups excluding carboxylic acids is 1. The minimum absolute atomic E-state index is 0.228. The van der Waals surface area contributed by atoms with Crippen LogP contribution in [0.5, 0.6) is 0 Å². The van der Waals surface area contributed by atoms with Gasteiger partial charge in [0.1, 0.15) is 0 Å². The molecule has 0 aromatic carbocycles. The zero-order chi connectivity index (χ0) is 12.3. The maximum Gasteiger partial charge on any atom is 0.320 e. The number of rotatable bonds is 1. The van der Waals surface area contributed by atoms with Gasteiger partial charge in [0.2, 0.25) is 0 Å². The predicted molar refractivity (Wildman–Crippen MR) is 67.0 cm³/mol. The lowest BCUT2D eigenvalue weighted by molar-refractivity contribution is 0.000414. The number of nitrogens with zero attached hydrogens (tertiary/aromatic N) is 2. The number of hydrogen-bond donors (Lipinski definition) is 0. The first-order valence-corrected chi connectivity index (χ1v) is 6.85. The van der Waals surface area contributed by atoms with Crippen molar-refractivity contribution < 1.29 is 9.53 Å². The largest absolute Gasteiger partial charge is 0.377 e. The van der Waals surface area contributed by atoms with Gasteiger partial charge in [0.05, 0.1) is 19.3 Å². The van der Waals surface area contributed by atoms with Crippen molar-refractivity contribution in [1.29, 1.82) is 0 Å². The van der Waals surface area contributed by atoms with E-state index in [-0.39, 0.29) is 12.1 Å². The molecule has 2 aliphatic heterocycles. The molecule has 2 unspecified atom stereocenters. The second-order valence-electron chi connectivity index (χ2n) is 5.31. The van der Waals surface area contributed by atoms with Gasteiger partial charge >= 0.3 is 6.03 Å². The van der Waals surface area contributed by atoms with Crippen LogP contribution in [-0.4, -0.2) is 54.7 Å². The molecule has 0 bridgehead atoms. The Bertz CT molecular complexity index is 270. The number of carbonyl (C=O) groups is 1. The smallest absolute Gasteiger partial charge is 0.320 e. The molecule has 0 saturated carbocycles. The number of hydrogen-bond acceptors (Lipinski definition) is 2. The van der Waals surface area contributed by atoms with Gasteiger partial charge in [-0.15, -0.1) is 0 Å². The Morgan fingerprint density at radius 1 is 1.41 bits per heavy atom. The van der Waals surface area contributed by atoms with Crippen LogP contribution in [0.15, 0.2) is 0 Å². The maximum atomic E-state index is 12.5. The minimum Gasteiger partial charge on any atom is -0.377 e. The van der Waals surface area contributed by atoms with Crippen molar-refractivity contribution in [2.75, 3.05) is 32.8 Å². The van der Waals surface area contributed by atoms with E-state index in [4.69, 9.17) is 4.74 Å². The minimum atomic E-state index is 0.228. The Labute approximate surface area is 104 Å². The van der Waals surface area contributed by atoms with Crippen molar-refractivity contribution in [1.82, 2.24) is 9.80 Å². The van der Waals surface area contributed by atoms with E-state index < -0.39 is 0 Å². The normalized spacial score (nSPS) is 30.5. The second-order valence-corrected chi connectivity index (χ2v) is 5.31. The molecular formula is C13H24N2O2. The lowest BCUT2D eigenvalue weighted by atomic mass is 10.0. The average molecular weight is 240 g/mol. The summed E-state index contributed by atoms with van der Waals surface area (Å²) in [5, 5.41) is 0. The molecular weight excluding hydrogens is 216 g/mol. The van der Waals surface area contributed by atoms with Gasteiger partial charge in [0.25, 0.3) is 0 Å². The summed E-state index contributed by atoms with van der Waals surface area (Å²) in [5.41, 5.74) is 0. The maximum absolute atomic E-state index is 12.5. The van der Waals surface area contributed by atoms with E-state index in [1.165, 1.54) is 6.42 Å². The van der Waals surface area contributed by atoms with Crippen molar-refractivity contribution in [2.24, 2.45) is 5.92 Å². The van der Waals surface area contributed by atoms with Crippen molar-refractivity contribution in [3.05, 3.63) is 0 Å². The fourth-order valence-electron chi connectivity index (χ4n) is 2.79. The second kappa shape index (κ2) is 5.71. The van der Waals surface area contributed by atoms with E-state index in [9.17, 15) is 4.79 Å². The fraction of sp³-hybridized carbons (Fsp3) is 0.923. The SMILES string of the molecule is CCC1COCCN1C(=O)N1CCCC(C)C1. The van der Waals surface area contributed by atoms with Crippen LogP contribution in [0.2, 0.25) is 0 Å². The van der Waals surface area contributed by atoms with Crippen LogP contribution in [0.4, 0.5) is 4.79 Å². The molecule has 0 spiro atoms. The van der Waals surface area contributed by atoms with E-state index >= 15 is 0 Å². The van der Waals surface area contributed by atoms with E-state index in [0.29, 0.717) is 19.1 Å². The lowest BCUT2D eigenvalue weighted by Crippen LogP contribution is -2.55. The monoisotopic (exact) mass is 240 g/mol. The van der Waals surface area contributed by atoms with E-state index in [1.54, 1.807) is 0 Å². The van der Waals surface area contributed by atoms with Crippen LogP contribution in [0.25, 0.3) is 0 Å². The van der Waals surface area contributed by atoms with Gasteiger partial charge in [-0.1, -0.05) is 13.8 Å². The van der Waals surface area contributed by atoms with Crippen LogP contribution in [-0.2, 0) is 4.74 Å². The molecule has 2 heterocycles. The highest BCUT2D eigenvalue weighted by Crippen LogP contribution is 2.19. The lowest BCUT2D eigenvalue weighted by Gasteiger charge is -2.40. The van der Waals surface area contributed by atoms with Gasteiger partial charge in [-0.2, -0.15) is 0 Å². The third kappa shape index (κ3) is 2.92. The van der Waals surface area contributed by atoms with Crippen molar-refractivity contribution in [3.8, 4) is 0 Å². The third-order valence-electron chi connectivity index (χ3n) is 3.87. The van der Waals surface area contributed by atoms with Crippen molar-refractivity contribution in [2.45, 2.75) is 39.2 Å². The zero-order valence-electron chi connectivity index (χ0n) is 11.0. The van der Waals surface area contributed by atoms with Crippen LogP contribution in [0.1, 0.15) is 33.1 Å². The number of likely N-dealkylation sites (tertiary alicyclic amines) is 1. The van der Waals surface area contributed by atoms with Crippen LogP contribution in [0.3, 0.4) is 0 Å². The molecule has 2 atom stereocenters. The van der Waals surface area contributed by atoms with Gasteiger partial charge in [-0.3, -0.25) is 0 Å². The summed E-state index contributed by atoms with van der Waals surface area (Å²) in [7, 11) is 0. The standard InChI is InChI=1S/C13H24N2O2/c1-3-12-10-17-8-7-15(12)13(16)14-6-4-5-11(2)9-14/h11-12H,3-10H2,1-2H3. The summed E-state index contributed by atoms with van der Waals surface area (Å²) in [6, 6.07) is 0.500. The first kappa shape index (κ1) is 12.7. The molecule has 0 aliphatic carbocycles. The molecule has 4 heteroatoms. The first-order chi connectivity index (χ1) is 8.22. The number of piperidine rings is 1. The third-order valence-corrected chi connectivity index (χ3v) is 3.87. The molecule has 4 nitrogen and oxygen atoms in total. The highest BCUT2D eigenvalue weighted by atomic mass is 16.5.